The first-order valence-corrected chi connectivity index (χ1v) is 17.4. The van der Waals surface area contributed by atoms with Crippen LogP contribution in [0.3, 0.4) is 0 Å². The van der Waals surface area contributed by atoms with Crippen molar-refractivity contribution in [2.24, 2.45) is 0 Å². The van der Waals surface area contributed by atoms with Gasteiger partial charge in [-0.15, -0.1) is 0 Å². The lowest BCUT2D eigenvalue weighted by molar-refractivity contribution is 1.19. The van der Waals surface area contributed by atoms with Crippen molar-refractivity contribution in [3.8, 4) is 5.69 Å². The summed E-state index contributed by atoms with van der Waals surface area (Å²) in [6.07, 6.45) is 0. The van der Waals surface area contributed by atoms with Crippen molar-refractivity contribution in [1.29, 1.82) is 0 Å². The van der Waals surface area contributed by atoms with Crippen LogP contribution in [0.2, 0.25) is 0 Å². The molecule has 0 unspecified atom stereocenters. The molecule has 6 aliphatic rings. The average molecular weight is 598 g/mol. The molecule has 0 bridgehead atoms. The summed E-state index contributed by atoms with van der Waals surface area (Å²) in [4.78, 5) is 2.67. The van der Waals surface area contributed by atoms with Gasteiger partial charge in [-0.2, -0.15) is 0 Å². The van der Waals surface area contributed by atoms with Crippen molar-refractivity contribution in [3.63, 3.8) is 0 Å². The fourth-order valence-electron chi connectivity index (χ4n) is 11.5. The Morgan fingerprint density at radius 1 is 0.312 bits per heavy atom. The van der Waals surface area contributed by atoms with Crippen LogP contribution in [0.4, 0.5) is 17.1 Å². The Morgan fingerprint density at radius 2 is 0.708 bits per heavy atom. The number of nitrogens with zero attached hydrogens (tertiary/aromatic N) is 2. The standard InChI is InChI=1S/C42H22B4N2/c1-3-15-27-25(13-1)43-26-14-2-4-16-28(26)45-31-19-9-11-23-24-12-10-20-32-40(24)48(39(23)31)42-37(45)35(43)36-41-38(42)46(32)30-18-6-8-22-34(30)47(41)33-21-7-5-17-29(33)44(27)36/h1-22H. The van der Waals surface area contributed by atoms with E-state index in [9.17, 15) is 0 Å². The number of para-hydroxylation sites is 4. The molecule has 0 amide bonds. The third-order valence-electron chi connectivity index (χ3n) is 12.9. The summed E-state index contributed by atoms with van der Waals surface area (Å²) < 4.78 is 2.73. The Balaban J connectivity index is 1.32. The van der Waals surface area contributed by atoms with Crippen molar-refractivity contribution >= 4 is 131 Å². The number of fused-ring (bicyclic) bond motifs is 15. The molecule has 0 atom stereocenters. The Kier molecular flexibility index (Phi) is 3.74. The first kappa shape index (κ1) is 23.7. The molecule has 7 aromatic carbocycles. The normalized spacial score (nSPS) is 15.3. The average Bonchev–Trinajstić information content (AvgIpc) is 3.50. The van der Waals surface area contributed by atoms with E-state index >= 15 is 0 Å². The van der Waals surface area contributed by atoms with Gasteiger partial charge in [-0.1, -0.05) is 160 Å². The van der Waals surface area contributed by atoms with Gasteiger partial charge in [0.2, 0.25) is 20.1 Å². The fourth-order valence-corrected chi connectivity index (χ4v) is 11.5. The first-order chi connectivity index (χ1) is 23.9. The van der Waals surface area contributed by atoms with E-state index in [1.54, 1.807) is 16.4 Å². The molecule has 6 heteroatoms. The topological polar surface area (TPSA) is 8.17 Å². The minimum atomic E-state index is 0.172. The highest BCUT2D eigenvalue weighted by molar-refractivity contribution is 7.20. The van der Waals surface area contributed by atoms with E-state index in [4.69, 9.17) is 0 Å². The van der Waals surface area contributed by atoms with E-state index < -0.39 is 0 Å². The van der Waals surface area contributed by atoms with Gasteiger partial charge in [-0.05, 0) is 39.4 Å². The van der Waals surface area contributed by atoms with Crippen LogP contribution in [-0.2, 0) is 0 Å². The predicted molar refractivity (Wildman–Crippen MR) is 207 cm³/mol. The number of aromatic nitrogens is 1. The minimum Gasteiger partial charge on any atom is -0.312 e. The molecular formula is C42H22B4N2. The summed E-state index contributed by atoms with van der Waals surface area (Å²) >= 11 is 0. The van der Waals surface area contributed by atoms with Crippen LogP contribution >= 0.6 is 0 Å². The van der Waals surface area contributed by atoms with Gasteiger partial charge in [-0.25, -0.2) is 0 Å². The van der Waals surface area contributed by atoms with E-state index in [1.807, 2.05) is 0 Å². The molecule has 0 saturated heterocycles. The second-order valence-electron chi connectivity index (χ2n) is 14.6. The highest BCUT2D eigenvalue weighted by atomic mass is 15.2. The molecule has 14 rings (SSSR count). The number of rotatable bonds is 0. The van der Waals surface area contributed by atoms with Crippen LogP contribution in [0.1, 0.15) is 0 Å². The lowest BCUT2D eigenvalue weighted by atomic mass is 9.12. The molecule has 0 aliphatic carbocycles. The maximum Gasteiger partial charge on any atom is 0.252 e. The van der Waals surface area contributed by atoms with Gasteiger partial charge < -0.3 is 9.47 Å². The Bertz CT molecular complexity index is 2720. The van der Waals surface area contributed by atoms with Crippen molar-refractivity contribution in [1.82, 2.24) is 4.57 Å². The van der Waals surface area contributed by atoms with E-state index in [0.717, 1.165) is 0 Å². The summed E-state index contributed by atoms with van der Waals surface area (Å²) in [6, 6.07) is 51.6. The summed E-state index contributed by atoms with van der Waals surface area (Å²) in [5.41, 5.74) is 26.2. The van der Waals surface area contributed by atoms with Crippen LogP contribution in [0.5, 0.6) is 0 Å². The molecule has 6 aliphatic heterocycles. The van der Waals surface area contributed by atoms with Gasteiger partial charge in [0, 0.05) is 44.6 Å². The van der Waals surface area contributed by atoms with Crippen LogP contribution < -0.4 is 70.5 Å². The lowest BCUT2D eigenvalue weighted by Crippen LogP contribution is -2.88. The van der Waals surface area contributed by atoms with E-state index in [-0.39, 0.29) is 26.9 Å². The predicted octanol–water partition coefficient (Wildman–Crippen LogP) is 0.199. The highest BCUT2D eigenvalue weighted by Crippen LogP contribution is 2.42. The van der Waals surface area contributed by atoms with Crippen molar-refractivity contribution < 1.29 is 0 Å². The molecule has 2 nitrogen and oxygen atoms in total. The maximum absolute atomic E-state index is 2.73. The van der Waals surface area contributed by atoms with E-state index in [2.05, 4.69) is 143 Å². The van der Waals surface area contributed by atoms with Crippen LogP contribution in [0, 0.1) is 0 Å². The second-order valence-corrected chi connectivity index (χ2v) is 14.6. The minimum absolute atomic E-state index is 0.172. The molecule has 1 aromatic heterocycles. The largest absolute Gasteiger partial charge is 0.312 e. The number of anilines is 3. The first-order valence-electron chi connectivity index (χ1n) is 17.4. The van der Waals surface area contributed by atoms with Crippen molar-refractivity contribution in [2.75, 3.05) is 4.90 Å². The SMILES string of the molecule is c1ccc2c(c1)B1c3ccccc3B3c4c1c1c5c6c4-n4c7c3cccc7c3cccc(c34)B6c3ccccc3N5c3ccccc3B21. The highest BCUT2D eigenvalue weighted by Gasteiger charge is 2.56. The molecule has 48 heavy (non-hydrogen) atoms. The van der Waals surface area contributed by atoms with Gasteiger partial charge >= 0.3 is 0 Å². The quantitative estimate of drug-likeness (QED) is 0.227. The molecule has 0 spiro atoms. The Morgan fingerprint density at radius 3 is 1.25 bits per heavy atom. The lowest BCUT2D eigenvalue weighted by Gasteiger charge is -2.52. The van der Waals surface area contributed by atoms with Crippen molar-refractivity contribution in [2.45, 2.75) is 0 Å². The van der Waals surface area contributed by atoms with Gasteiger partial charge in [0.05, 0.1) is 0 Å². The Labute approximate surface area is 279 Å². The molecule has 0 saturated carbocycles. The third kappa shape index (κ3) is 2.26. The molecule has 7 heterocycles. The zero-order chi connectivity index (χ0) is 30.6. The zero-order valence-corrected chi connectivity index (χ0v) is 25.9. The summed E-state index contributed by atoms with van der Waals surface area (Å²) in [7, 11) is 0. The van der Waals surface area contributed by atoms with Crippen LogP contribution in [-0.4, -0.2) is 31.4 Å². The zero-order valence-electron chi connectivity index (χ0n) is 25.9. The second kappa shape index (κ2) is 7.58. The molecule has 0 fully saturated rings. The number of hydrogen-bond acceptors (Lipinski definition) is 1. The molecular weight excluding hydrogens is 576 g/mol. The Hall–Kier alpha value is -5.60. The summed E-state index contributed by atoms with van der Waals surface area (Å²) in [6.45, 7) is 0.751. The summed E-state index contributed by atoms with van der Waals surface area (Å²) in [5, 5.41) is 2.76. The van der Waals surface area contributed by atoms with Crippen LogP contribution in [0.25, 0.3) is 27.5 Å². The van der Waals surface area contributed by atoms with Gasteiger partial charge in [0.15, 0.2) is 0 Å². The van der Waals surface area contributed by atoms with E-state index in [1.165, 1.54) is 93.7 Å². The van der Waals surface area contributed by atoms with Crippen LogP contribution in [0.15, 0.2) is 133 Å². The van der Waals surface area contributed by atoms with E-state index in [0.29, 0.717) is 0 Å². The third-order valence-corrected chi connectivity index (χ3v) is 12.9. The molecule has 8 aromatic rings. The van der Waals surface area contributed by atoms with Gasteiger partial charge in [0.1, 0.15) is 0 Å². The van der Waals surface area contributed by atoms with Gasteiger partial charge in [0.25, 0.3) is 6.71 Å². The molecule has 0 N–H and O–H groups in total. The maximum atomic E-state index is 2.73. The number of benzene rings is 7. The fraction of sp³-hybridized carbons (Fsp3) is 0. The van der Waals surface area contributed by atoms with Gasteiger partial charge in [-0.3, -0.25) is 0 Å². The monoisotopic (exact) mass is 598 g/mol. The molecule has 212 valence electrons. The number of hydrogen-bond donors (Lipinski definition) is 0. The smallest absolute Gasteiger partial charge is 0.252 e. The molecule has 0 radical (unpaired) electrons. The van der Waals surface area contributed by atoms with Crippen molar-refractivity contribution in [3.05, 3.63) is 133 Å². The summed E-state index contributed by atoms with van der Waals surface area (Å²) in [5.74, 6) is 0.